The molecule has 1 aromatic heterocycles. The second kappa shape index (κ2) is 5.08. The van der Waals surface area contributed by atoms with Gasteiger partial charge in [0.1, 0.15) is 5.84 Å². The van der Waals surface area contributed by atoms with Crippen LogP contribution in [0, 0.1) is 0 Å². The van der Waals surface area contributed by atoms with Crippen LogP contribution in [0.1, 0.15) is 31.2 Å². The molecular formula is C14H17N3S. The van der Waals surface area contributed by atoms with Crippen LogP contribution in [0.4, 0.5) is 0 Å². The van der Waals surface area contributed by atoms with Gasteiger partial charge in [-0.1, -0.05) is 31.0 Å². The molecule has 0 bridgehead atoms. The number of aliphatic imine (C=N–C) groups is 1. The molecule has 0 aliphatic heterocycles. The molecule has 1 heterocycles. The Morgan fingerprint density at radius 1 is 1.28 bits per heavy atom. The molecule has 18 heavy (non-hydrogen) atoms. The van der Waals surface area contributed by atoms with Gasteiger partial charge in [-0.2, -0.15) is 0 Å². The molecule has 1 aliphatic carbocycles. The smallest absolute Gasteiger partial charge is 0.144 e. The van der Waals surface area contributed by atoms with Gasteiger partial charge in [0.25, 0.3) is 0 Å². The minimum atomic E-state index is 0.440. The zero-order chi connectivity index (χ0) is 12.4. The minimum Gasteiger partial charge on any atom is -0.308 e. The zero-order valence-corrected chi connectivity index (χ0v) is 11.0. The third-order valence-corrected chi connectivity index (χ3v) is 4.47. The summed E-state index contributed by atoms with van der Waals surface area (Å²) in [5.74, 6) is 6.49. The van der Waals surface area contributed by atoms with E-state index in [2.05, 4.69) is 35.1 Å². The average molecular weight is 259 g/mol. The molecule has 0 atom stereocenters. The highest BCUT2D eigenvalue weighted by Gasteiger charge is 2.16. The summed E-state index contributed by atoms with van der Waals surface area (Å²) < 4.78 is 1.28. The maximum Gasteiger partial charge on any atom is 0.144 e. The Bertz CT molecular complexity index is 567. The van der Waals surface area contributed by atoms with Gasteiger partial charge in [-0.3, -0.25) is 4.99 Å². The Kier molecular flexibility index (Phi) is 3.30. The lowest BCUT2D eigenvalue weighted by Gasteiger charge is -2.08. The Balaban J connectivity index is 2.00. The fourth-order valence-corrected chi connectivity index (χ4v) is 3.51. The van der Waals surface area contributed by atoms with Crippen LogP contribution in [0.15, 0.2) is 34.6 Å². The third kappa shape index (κ3) is 2.13. The van der Waals surface area contributed by atoms with E-state index < -0.39 is 0 Å². The van der Waals surface area contributed by atoms with Gasteiger partial charge in [-0.05, 0) is 18.9 Å². The van der Waals surface area contributed by atoms with Crippen molar-refractivity contribution >= 4 is 27.3 Å². The molecule has 0 spiro atoms. The van der Waals surface area contributed by atoms with E-state index in [1.165, 1.54) is 35.8 Å². The summed E-state index contributed by atoms with van der Waals surface area (Å²) in [6.07, 6.45) is 4.95. The van der Waals surface area contributed by atoms with Gasteiger partial charge in [0.15, 0.2) is 0 Å². The number of benzene rings is 1. The predicted octanol–water partition coefficient (Wildman–Crippen LogP) is 3.05. The summed E-state index contributed by atoms with van der Waals surface area (Å²) in [5, 5.41) is 3.37. The van der Waals surface area contributed by atoms with Crippen LogP contribution in [0.25, 0.3) is 10.1 Å². The maximum atomic E-state index is 5.66. The molecule has 1 aromatic carbocycles. The van der Waals surface area contributed by atoms with E-state index in [0.717, 1.165) is 11.4 Å². The summed E-state index contributed by atoms with van der Waals surface area (Å²) >= 11 is 1.74. The first-order valence-electron chi connectivity index (χ1n) is 6.39. The number of fused-ring (bicyclic) bond motifs is 1. The summed E-state index contributed by atoms with van der Waals surface area (Å²) in [7, 11) is 0. The second-order valence-corrected chi connectivity index (χ2v) is 5.62. The number of nitrogens with zero attached hydrogens (tertiary/aromatic N) is 1. The first-order valence-corrected chi connectivity index (χ1v) is 7.27. The van der Waals surface area contributed by atoms with Crippen molar-refractivity contribution < 1.29 is 0 Å². The molecule has 3 nitrogen and oxygen atoms in total. The molecule has 94 valence electrons. The molecule has 1 saturated carbocycles. The summed E-state index contributed by atoms with van der Waals surface area (Å²) in [4.78, 5) is 4.77. The summed E-state index contributed by atoms with van der Waals surface area (Å²) in [5.41, 5.74) is 3.91. The van der Waals surface area contributed by atoms with Crippen molar-refractivity contribution in [3.05, 3.63) is 35.2 Å². The molecule has 0 radical (unpaired) electrons. The van der Waals surface area contributed by atoms with Crippen LogP contribution in [0.5, 0.6) is 0 Å². The third-order valence-electron chi connectivity index (χ3n) is 3.51. The molecule has 0 amide bonds. The highest BCUT2D eigenvalue weighted by Crippen LogP contribution is 2.27. The quantitative estimate of drug-likeness (QED) is 0.377. The van der Waals surface area contributed by atoms with Crippen LogP contribution in [-0.4, -0.2) is 11.9 Å². The number of hydrogen-bond donors (Lipinski definition) is 2. The first-order chi connectivity index (χ1) is 8.88. The van der Waals surface area contributed by atoms with Gasteiger partial charge in [0.05, 0.1) is 6.04 Å². The number of amidine groups is 1. The van der Waals surface area contributed by atoms with Crippen molar-refractivity contribution in [2.45, 2.75) is 31.7 Å². The maximum absolute atomic E-state index is 5.66. The zero-order valence-electron chi connectivity index (χ0n) is 10.2. The topological polar surface area (TPSA) is 50.4 Å². The van der Waals surface area contributed by atoms with E-state index in [1.54, 1.807) is 11.3 Å². The lowest BCUT2D eigenvalue weighted by atomic mass is 10.1. The van der Waals surface area contributed by atoms with E-state index in [4.69, 9.17) is 10.8 Å². The number of hydrazine groups is 1. The number of nitrogens with two attached hydrogens (primary N) is 1. The Morgan fingerprint density at radius 3 is 2.83 bits per heavy atom. The van der Waals surface area contributed by atoms with Crippen molar-refractivity contribution in [3.8, 4) is 0 Å². The Labute approximate surface area is 111 Å². The molecule has 3 N–H and O–H groups in total. The summed E-state index contributed by atoms with van der Waals surface area (Å²) in [6, 6.07) is 8.82. The largest absolute Gasteiger partial charge is 0.308 e. The van der Waals surface area contributed by atoms with Gasteiger partial charge < -0.3 is 5.43 Å². The molecule has 1 aliphatic rings. The molecule has 0 unspecified atom stereocenters. The molecular weight excluding hydrogens is 242 g/mol. The number of hydrogen-bond acceptors (Lipinski definition) is 3. The van der Waals surface area contributed by atoms with E-state index >= 15 is 0 Å². The predicted molar refractivity (Wildman–Crippen MR) is 77.9 cm³/mol. The van der Waals surface area contributed by atoms with Crippen LogP contribution in [0.2, 0.25) is 0 Å². The second-order valence-electron chi connectivity index (χ2n) is 4.71. The Morgan fingerprint density at radius 2 is 2.06 bits per heavy atom. The fourth-order valence-electron chi connectivity index (χ4n) is 2.56. The molecule has 1 fully saturated rings. The van der Waals surface area contributed by atoms with Crippen molar-refractivity contribution in [1.82, 2.24) is 5.43 Å². The number of rotatable bonds is 2. The van der Waals surface area contributed by atoms with Gasteiger partial charge in [0, 0.05) is 21.0 Å². The van der Waals surface area contributed by atoms with Gasteiger partial charge in [-0.25, -0.2) is 5.84 Å². The van der Waals surface area contributed by atoms with Crippen molar-refractivity contribution in [2.75, 3.05) is 0 Å². The van der Waals surface area contributed by atoms with E-state index in [1.807, 2.05) is 0 Å². The summed E-state index contributed by atoms with van der Waals surface area (Å²) in [6.45, 7) is 0. The van der Waals surface area contributed by atoms with E-state index in [9.17, 15) is 0 Å². The first kappa shape index (κ1) is 11.7. The van der Waals surface area contributed by atoms with Crippen LogP contribution in [-0.2, 0) is 0 Å². The molecule has 4 heteroatoms. The van der Waals surface area contributed by atoms with Crippen LogP contribution >= 0.6 is 11.3 Å². The molecule has 2 aromatic rings. The van der Waals surface area contributed by atoms with Crippen LogP contribution < -0.4 is 11.3 Å². The van der Waals surface area contributed by atoms with Gasteiger partial charge >= 0.3 is 0 Å². The highest BCUT2D eigenvalue weighted by molar-refractivity contribution is 7.17. The normalized spacial score (nSPS) is 17.5. The molecule has 3 rings (SSSR count). The standard InChI is InChI=1S/C14H17N3S/c15-17-14(16-10-5-1-2-6-10)12-9-18-13-8-4-3-7-11(12)13/h3-4,7-10H,1-2,5-6,15H2,(H,16,17). The SMILES string of the molecule is NNC(=NC1CCCC1)c1csc2ccccc12. The fraction of sp³-hybridized carbons (Fsp3) is 0.357. The average Bonchev–Trinajstić information content (AvgIpc) is 3.05. The van der Waals surface area contributed by atoms with E-state index in [0.29, 0.717) is 6.04 Å². The number of thiophene rings is 1. The van der Waals surface area contributed by atoms with Crippen LogP contribution in [0.3, 0.4) is 0 Å². The van der Waals surface area contributed by atoms with Gasteiger partial charge in [0.2, 0.25) is 0 Å². The van der Waals surface area contributed by atoms with Crippen molar-refractivity contribution in [3.63, 3.8) is 0 Å². The minimum absolute atomic E-state index is 0.440. The van der Waals surface area contributed by atoms with Gasteiger partial charge in [-0.15, -0.1) is 11.3 Å². The monoisotopic (exact) mass is 259 g/mol. The van der Waals surface area contributed by atoms with Crippen molar-refractivity contribution in [2.24, 2.45) is 10.8 Å². The number of nitrogens with one attached hydrogen (secondary N) is 1. The van der Waals surface area contributed by atoms with E-state index in [-0.39, 0.29) is 0 Å². The highest BCUT2D eigenvalue weighted by atomic mass is 32.1. The lowest BCUT2D eigenvalue weighted by Crippen LogP contribution is -2.32. The lowest BCUT2D eigenvalue weighted by molar-refractivity contribution is 0.701. The molecule has 0 saturated heterocycles. The van der Waals surface area contributed by atoms with Crippen molar-refractivity contribution in [1.29, 1.82) is 0 Å². The Hall–Kier alpha value is -1.39.